The van der Waals surface area contributed by atoms with Gasteiger partial charge in [-0.2, -0.15) is 5.10 Å². The number of aromatic amines is 1. The topological polar surface area (TPSA) is 54.7 Å². The number of hydrogen-bond donors (Lipinski definition) is 2. The Balaban J connectivity index is 2.08. The first-order valence-corrected chi connectivity index (χ1v) is 5.79. The third-order valence-corrected chi connectivity index (χ3v) is 4.11. The van der Waals surface area contributed by atoms with Crippen molar-refractivity contribution in [2.24, 2.45) is 17.1 Å². The molecule has 0 amide bonds. The molecule has 3 N–H and O–H groups in total. The van der Waals surface area contributed by atoms with Gasteiger partial charge in [0.15, 0.2) is 0 Å². The number of fused-ring (bicyclic) bond motifs is 1. The lowest BCUT2D eigenvalue weighted by Crippen LogP contribution is -2.05. The third-order valence-electron chi connectivity index (χ3n) is 4.11. The van der Waals surface area contributed by atoms with Crippen molar-refractivity contribution in [1.82, 2.24) is 10.2 Å². The minimum absolute atomic E-state index is 0.310. The Morgan fingerprint density at radius 1 is 1.38 bits per heavy atom. The van der Waals surface area contributed by atoms with Crippen LogP contribution in [0.2, 0.25) is 0 Å². The molecule has 1 aromatic heterocycles. The fourth-order valence-corrected chi connectivity index (χ4v) is 2.97. The standard InChI is InChI=1S/C13H17N3/c1-13(2)9(7-14)11(13)12-8-5-3-4-6-10(8)15-16-12/h3-6,9,11H,7,14H2,1-2H3,(H,15,16)/t9-,11+/m0/s1. The molecule has 1 saturated carbocycles. The van der Waals surface area contributed by atoms with E-state index in [-0.39, 0.29) is 0 Å². The van der Waals surface area contributed by atoms with E-state index in [0.29, 0.717) is 17.3 Å². The minimum atomic E-state index is 0.310. The van der Waals surface area contributed by atoms with Crippen LogP contribution in [0.1, 0.15) is 25.5 Å². The molecule has 3 rings (SSSR count). The van der Waals surface area contributed by atoms with E-state index in [1.54, 1.807) is 0 Å². The van der Waals surface area contributed by atoms with Crippen molar-refractivity contribution in [3.63, 3.8) is 0 Å². The second-order valence-corrected chi connectivity index (χ2v) is 5.30. The molecule has 1 aliphatic carbocycles. The van der Waals surface area contributed by atoms with Crippen molar-refractivity contribution < 1.29 is 0 Å². The predicted molar refractivity (Wildman–Crippen MR) is 65.2 cm³/mol. The molecule has 0 aliphatic heterocycles. The first-order valence-electron chi connectivity index (χ1n) is 5.79. The maximum Gasteiger partial charge on any atom is 0.0923 e. The van der Waals surface area contributed by atoms with Gasteiger partial charge in [-0.15, -0.1) is 0 Å². The van der Waals surface area contributed by atoms with E-state index in [1.807, 2.05) is 12.1 Å². The number of nitrogens with zero attached hydrogens (tertiary/aromatic N) is 1. The summed E-state index contributed by atoms with van der Waals surface area (Å²) in [6, 6.07) is 8.26. The summed E-state index contributed by atoms with van der Waals surface area (Å²) >= 11 is 0. The van der Waals surface area contributed by atoms with Gasteiger partial charge in [-0.05, 0) is 23.9 Å². The zero-order valence-electron chi connectivity index (χ0n) is 9.70. The number of hydrogen-bond acceptors (Lipinski definition) is 2. The molecule has 0 bridgehead atoms. The third kappa shape index (κ3) is 1.15. The van der Waals surface area contributed by atoms with Crippen LogP contribution in [-0.2, 0) is 0 Å². The Morgan fingerprint density at radius 2 is 2.12 bits per heavy atom. The molecule has 16 heavy (non-hydrogen) atoms. The van der Waals surface area contributed by atoms with Gasteiger partial charge < -0.3 is 5.73 Å². The first-order chi connectivity index (χ1) is 7.66. The van der Waals surface area contributed by atoms with Gasteiger partial charge in [-0.1, -0.05) is 32.0 Å². The van der Waals surface area contributed by atoms with Crippen molar-refractivity contribution in [3.8, 4) is 0 Å². The second-order valence-electron chi connectivity index (χ2n) is 5.30. The number of nitrogens with one attached hydrogen (secondary N) is 1. The SMILES string of the molecule is CC1(C)[C@@H](CN)[C@@H]1c1[nH]nc2ccccc12. The van der Waals surface area contributed by atoms with Gasteiger partial charge >= 0.3 is 0 Å². The normalized spacial score (nSPS) is 27.2. The summed E-state index contributed by atoms with van der Waals surface area (Å²) in [4.78, 5) is 0. The smallest absolute Gasteiger partial charge is 0.0923 e. The molecule has 0 radical (unpaired) electrons. The Morgan fingerprint density at radius 3 is 2.81 bits per heavy atom. The monoisotopic (exact) mass is 215 g/mol. The number of H-pyrrole nitrogens is 1. The number of aromatic nitrogens is 2. The van der Waals surface area contributed by atoms with E-state index in [2.05, 4.69) is 36.2 Å². The average molecular weight is 215 g/mol. The average Bonchev–Trinajstić information content (AvgIpc) is 2.66. The van der Waals surface area contributed by atoms with Crippen LogP contribution in [0.4, 0.5) is 0 Å². The van der Waals surface area contributed by atoms with Crippen LogP contribution in [0.3, 0.4) is 0 Å². The fraction of sp³-hybridized carbons (Fsp3) is 0.462. The van der Waals surface area contributed by atoms with Crippen LogP contribution in [0.15, 0.2) is 24.3 Å². The molecule has 0 saturated heterocycles. The van der Waals surface area contributed by atoms with E-state index in [0.717, 1.165) is 12.1 Å². The molecule has 2 aromatic rings. The Kier molecular flexibility index (Phi) is 1.89. The van der Waals surface area contributed by atoms with Crippen LogP contribution in [0.25, 0.3) is 10.9 Å². The minimum Gasteiger partial charge on any atom is -0.330 e. The predicted octanol–water partition coefficient (Wildman–Crippen LogP) is 2.26. The van der Waals surface area contributed by atoms with Crippen molar-refractivity contribution in [1.29, 1.82) is 0 Å². The number of nitrogens with two attached hydrogens (primary N) is 1. The lowest BCUT2D eigenvalue weighted by molar-refractivity contribution is 0.557. The Bertz CT molecular complexity index is 527. The number of rotatable bonds is 2. The largest absolute Gasteiger partial charge is 0.330 e. The summed E-state index contributed by atoms with van der Waals surface area (Å²) in [5, 5.41) is 8.79. The van der Waals surface area contributed by atoms with Crippen molar-refractivity contribution >= 4 is 10.9 Å². The van der Waals surface area contributed by atoms with Gasteiger partial charge in [0.1, 0.15) is 0 Å². The lowest BCUT2D eigenvalue weighted by atomic mass is 10.1. The maximum atomic E-state index is 5.82. The van der Waals surface area contributed by atoms with Crippen LogP contribution >= 0.6 is 0 Å². The van der Waals surface area contributed by atoms with Gasteiger partial charge in [0, 0.05) is 17.0 Å². The summed E-state index contributed by atoms with van der Waals surface area (Å²) in [5.41, 5.74) is 8.44. The fourth-order valence-electron chi connectivity index (χ4n) is 2.97. The van der Waals surface area contributed by atoms with Gasteiger partial charge in [0.05, 0.1) is 5.52 Å². The summed E-state index contributed by atoms with van der Waals surface area (Å²) in [6.45, 7) is 5.32. The molecule has 1 fully saturated rings. The van der Waals surface area contributed by atoms with E-state index in [4.69, 9.17) is 5.73 Å². The zero-order chi connectivity index (χ0) is 11.3. The van der Waals surface area contributed by atoms with E-state index in [9.17, 15) is 0 Å². The molecule has 0 spiro atoms. The Hall–Kier alpha value is -1.35. The molecule has 3 heteroatoms. The van der Waals surface area contributed by atoms with Crippen LogP contribution in [0, 0.1) is 11.3 Å². The highest BCUT2D eigenvalue weighted by atomic mass is 15.1. The van der Waals surface area contributed by atoms with Crippen molar-refractivity contribution in [2.75, 3.05) is 6.54 Å². The highest BCUT2D eigenvalue weighted by Gasteiger charge is 2.58. The highest BCUT2D eigenvalue weighted by Crippen LogP contribution is 2.64. The summed E-state index contributed by atoms with van der Waals surface area (Å²) < 4.78 is 0. The molecule has 2 atom stereocenters. The van der Waals surface area contributed by atoms with Crippen LogP contribution in [-0.4, -0.2) is 16.7 Å². The molecule has 84 valence electrons. The zero-order valence-corrected chi connectivity index (χ0v) is 9.70. The molecular formula is C13H17N3. The molecular weight excluding hydrogens is 198 g/mol. The quantitative estimate of drug-likeness (QED) is 0.807. The van der Waals surface area contributed by atoms with Crippen molar-refractivity contribution in [3.05, 3.63) is 30.0 Å². The van der Waals surface area contributed by atoms with Crippen LogP contribution in [0.5, 0.6) is 0 Å². The van der Waals surface area contributed by atoms with Crippen LogP contribution < -0.4 is 5.73 Å². The molecule has 3 nitrogen and oxygen atoms in total. The van der Waals surface area contributed by atoms with Gasteiger partial charge in [-0.3, -0.25) is 5.10 Å². The first kappa shape index (κ1) is 9.85. The van der Waals surface area contributed by atoms with Crippen molar-refractivity contribution in [2.45, 2.75) is 19.8 Å². The molecule has 1 heterocycles. The van der Waals surface area contributed by atoms with Gasteiger partial charge in [0.25, 0.3) is 0 Å². The van der Waals surface area contributed by atoms with E-state index < -0.39 is 0 Å². The second kappa shape index (κ2) is 3.08. The molecule has 1 aromatic carbocycles. The van der Waals surface area contributed by atoms with E-state index in [1.165, 1.54) is 11.1 Å². The maximum absolute atomic E-state index is 5.82. The summed E-state index contributed by atoms with van der Waals surface area (Å²) in [7, 11) is 0. The lowest BCUT2D eigenvalue weighted by Gasteiger charge is -2.00. The summed E-state index contributed by atoms with van der Waals surface area (Å²) in [5.74, 6) is 1.11. The Labute approximate surface area is 95.0 Å². The number of para-hydroxylation sites is 1. The van der Waals surface area contributed by atoms with Gasteiger partial charge in [0.2, 0.25) is 0 Å². The summed E-state index contributed by atoms with van der Waals surface area (Å²) in [6.07, 6.45) is 0. The highest BCUT2D eigenvalue weighted by molar-refractivity contribution is 5.82. The molecule has 1 aliphatic rings. The number of benzene rings is 1. The van der Waals surface area contributed by atoms with Gasteiger partial charge in [-0.25, -0.2) is 0 Å². The van der Waals surface area contributed by atoms with E-state index >= 15 is 0 Å². The molecule has 0 unspecified atom stereocenters.